The third kappa shape index (κ3) is 5.59. The monoisotopic (exact) mass is 412 g/mol. The van der Waals surface area contributed by atoms with E-state index in [1.165, 1.54) is 0 Å². The molecule has 0 saturated carbocycles. The number of hydrogen-bond donors (Lipinski definition) is 1. The Balaban J connectivity index is 0.00000220. The molecule has 21 heavy (non-hydrogen) atoms. The first-order valence-electron chi connectivity index (χ1n) is 7.11. The molecule has 7 nitrogen and oxygen atoms in total. The second-order valence-corrected chi connectivity index (χ2v) is 4.99. The maximum absolute atomic E-state index is 11.3. The Labute approximate surface area is 143 Å². The minimum Gasteiger partial charge on any atom is -0.376 e. The number of carbonyl (C=O) groups excluding carboxylic acids is 1. The number of hydrogen-bond acceptors (Lipinski definition) is 4. The minimum atomic E-state index is 0. The van der Waals surface area contributed by atoms with Crippen molar-refractivity contribution >= 4 is 35.8 Å². The standard InChI is InChI=1S/C13H24N4O3.HI/c1-11(18)16-3-5-17(6-4-16)13(14-2)15-9-12-10-19-7-8-20-12;/h12H,3-10H2,1-2H3,(H,14,15);1H. The van der Waals surface area contributed by atoms with Crippen molar-refractivity contribution in [3.63, 3.8) is 0 Å². The van der Waals surface area contributed by atoms with Gasteiger partial charge in [-0.3, -0.25) is 9.79 Å². The van der Waals surface area contributed by atoms with Crippen LogP contribution in [0.2, 0.25) is 0 Å². The van der Waals surface area contributed by atoms with Crippen molar-refractivity contribution < 1.29 is 14.3 Å². The van der Waals surface area contributed by atoms with Crippen molar-refractivity contribution in [2.24, 2.45) is 4.99 Å². The van der Waals surface area contributed by atoms with Crippen LogP contribution in [0.15, 0.2) is 4.99 Å². The van der Waals surface area contributed by atoms with Crippen molar-refractivity contribution in [2.45, 2.75) is 13.0 Å². The molecule has 1 N–H and O–H groups in total. The Hall–Kier alpha value is -0.610. The summed E-state index contributed by atoms with van der Waals surface area (Å²) in [6.45, 7) is 7.38. The average molecular weight is 412 g/mol. The van der Waals surface area contributed by atoms with Gasteiger partial charge in [-0.05, 0) is 0 Å². The first-order chi connectivity index (χ1) is 9.70. The summed E-state index contributed by atoms with van der Waals surface area (Å²) in [5.74, 6) is 1.00. The summed E-state index contributed by atoms with van der Waals surface area (Å²) in [6.07, 6.45) is 0.0824. The highest BCUT2D eigenvalue weighted by atomic mass is 127. The van der Waals surface area contributed by atoms with Gasteiger partial charge in [0, 0.05) is 46.7 Å². The van der Waals surface area contributed by atoms with Crippen LogP contribution in [-0.2, 0) is 14.3 Å². The molecule has 2 heterocycles. The lowest BCUT2D eigenvalue weighted by Crippen LogP contribution is -2.54. The summed E-state index contributed by atoms with van der Waals surface area (Å²) in [5.41, 5.74) is 0. The summed E-state index contributed by atoms with van der Waals surface area (Å²) in [6, 6.07) is 0. The zero-order chi connectivity index (χ0) is 14.4. The smallest absolute Gasteiger partial charge is 0.219 e. The SMILES string of the molecule is CN=C(NCC1COCCO1)N1CCN(C(C)=O)CC1.I. The number of amides is 1. The van der Waals surface area contributed by atoms with E-state index in [-0.39, 0.29) is 36.0 Å². The van der Waals surface area contributed by atoms with E-state index in [0.717, 1.165) is 32.1 Å². The van der Waals surface area contributed by atoms with Gasteiger partial charge in [0.25, 0.3) is 0 Å². The van der Waals surface area contributed by atoms with Gasteiger partial charge >= 0.3 is 0 Å². The van der Waals surface area contributed by atoms with Gasteiger partial charge in [0.1, 0.15) is 0 Å². The molecule has 0 spiro atoms. The average Bonchev–Trinajstić information content (AvgIpc) is 2.49. The summed E-state index contributed by atoms with van der Waals surface area (Å²) in [4.78, 5) is 19.6. The molecule has 2 aliphatic heterocycles. The number of nitrogens with zero attached hydrogens (tertiary/aromatic N) is 3. The zero-order valence-electron chi connectivity index (χ0n) is 12.7. The molecule has 0 aromatic rings. The Morgan fingerprint density at radius 2 is 1.90 bits per heavy atom. The summed E-state index contributed by atoms with van der Waals surface area (Å²) >= 11 is 0. The third-order valence-corrected chi connectivity index (χ3v) is 3.61. The van der Waals surface area contributed by atoms with E-state index in [1.54, 1.807) is 14.0 Å². The fourth-order valence-electron chi connectivity index (χ4n) is 2.42. The van der Waals surface area contributed by atoms with Crippen LogP contribution in [0.5, 0.6) is 0 Å². The van der Waals surface area contributed by atoms with Gasteiger partial charge in [-0.25, -0.2) is 0 Å². The van der Waals surface area contributed by atoms with Gasteiger partial charge in [-0.2, -0.15) is 0 Å². The predicted octanol–water partition coefficient (Wildman–Crippen LogP) is -0.241. The molecule has 1 atom stereocenters. The topological polar surface area (TPSA) is 66.4 Å². The second kappa shape index (κ2) is 9.42. The molecular formula is C13H25IN4O3. The quantitative estimate of drug-likeness (QED) is 0.386. The molecule has 2 saturated heterocycles. The largest absolute Gasteiger partial charge is 0.376 e. The maximum atomic E-state index is 11.3. The van der Waals surface area contributed by atoms with E-state index >= 15 is 0 Å². The van der Waals surface area contributed by atoms with Crippen LogP contribution >= 0.6 is 24.0 Å². The number of ether oxygens (including phenoxy) is 2. The normalized spacial score (nSPS) is 23.5. The highest BCUT2D eigenvalue weighted by molar-refractivity contribution is 14.0. The Kier molecular flexibility index (Phi) is 8.27. The van der Waals surface area contributed by atoms with E-state index in [9.17, 15) is 4.79 Å². The molecule has 0 aromatic heterocycles. The van der Waals surface area contributed by atoms with Crippen LogP contribution < -0.4 is 5.32 Å². The molecule has 1 amide bonds. The molecule has 0 aromatic carbocycles. The fourth-order valence-corrected chi connectivity index (χ4v) is 2.42. The van der Waals surface area contributed by atoms with E-state index < -0.39 is 0 Å². The molecule has 0 aliphatic carbocycles. The number of halogens is 1. The lowest BCUT2D eigenvalue weighted by Gasteiger charge is -2.36. The molecule has 0 radical (unpaired) electrons. The molecule has 1 unspecified atom stereocenters. The van der Waals surface area contributed by atoms with Crippen LogP contribution in [0.4, 0.5) is 0 Å². The van der Waals surface area contributed by atoms with Gasteiger partial charge in [0.2, 0.25) is 5.91 Å². The maximum Gasteiger partial charge on any atom is 0.219 e. The Morgan fingerprint density at radius 1 is 1.24 bits per heavy atom. The molecule has 2 fully saturated rings. The second-order valence-electron chi connectivity index (χ2n) is 4.99. The molecule has 2 rings (SSSR count). The zero-order valence-corrected chi connectivity index (χ0v) is 15.0. The lowest BCUT2D eigenvalue weighted by atomic mass is 10.3. The van der Waals surface area contributed by atoms with Gasteiger partial charge < -0.3 is 24.6 Å². The van der Waals surface area contributed by atoms with Gasteiger partial charge in [-0.15, -0.1) is 24.0 Å². The van der Waals surface area contributed by atoms with Crippen LogP contribution in [0.3, 0.4) is 0 Å². The predicted molar refractivity (Wildman–Crippen MR) is 91.2 cm³/mol. The number of guanidine groups is 1. The third-order valence-electron chi connectivity index (χ3n) is 3.61. The van der Waals surface area contributed by atoms with Crippen LogP contribution in [0.1, 0.15) is 6.92 Å². The molecule has 8 heteroatoms. The Bertz CT molecular complexity index is 353. The van der Waals surface area contributed by atoms with Gasteiger partial charge in [-0.1, -0.05) is 0 Å². The van der Waals surface area contributed by atoms with Crippen molar-refractivity contribution in [1.29, 1.82) is 0 Å². The van der Waals surface area contributed by atoms with E-state index in [0.29, 0.717) is 26.4 Å². The highest BCUT2D eigenvalue weighted by Gasteiger charge is 2.22. The minimum absolute atomic E-state index is 0. The van der Waals surface area contributed by atoms with Crippen molar-refractivity contribution in [2.75, 3.05) is 59.6 Å². The van der Waals surface area contributed by atoms with E-state index in [2.05, 4.69) is 15.2 Å². The molecule has 122 valence electrons. The van der Waals surface area contributed by atoms with Crippen molar-refractivity contribution in [3.8, 4) is 0 Å². The summed E-state index contributed by atoms with van der Waals surface area (Å²) in [5, 5.41) is 3.32. The van der Waals surface area contributed by atoms with Crippen LogP contribution in [0.25, 0.3) is 0 Å². The van der Waals surface area contributed by atoms with Crippen molar-refractivity contribution in [1.82, 2.24) is 15.1 Å². The number of piperazine rings is 1. The first kappa shape index (κ1) is 18.4. The van der Waals surface area contributed by atoms with Crippen LogP contribution in [-0.4, -0.2) is 87.4 Å². The number of rotatable bonds is 2. The van der Waals surface area contributed by atoms with Gasteiger partial charge in [0.05, 0.1) is 25.9 Å². The van der Waals surface area contributed by atoms with E-state index in [1.807, 2.05) is 4.90 Å². The molecule has 2 aliphatic rings. The number of nitrogens with one attached hydrogen (secondary N) is 1. The summed E-state index contributed by atoms with van der Waals surface area (Å²) in [7, 11) is 1.78. The molecular weight excluding hydrogens is 387 g/mol. The number of carbonyl (C=O) groups is 1. The first-order valence-corrected chi connectivity index (χ1v) is 7.11. The molecule has 0 bridgehead atoms. The summed E-state index contributed by atoms with van der Waals surface area (Å²) < 4.78 is 11.0. The Morgan fingerprint density at radius 3 is 2.43 bits per heavy atom. The van der Waals surface area contributed by atoms with Gasteiger partial charge in [0.15, 0.2) is 5.96 Å². The van der Waals surface area contributed by atoms with Crippen molar-refractivity contribution in [3.05, 3.63) is 0 Å². The van der Waals surface area contributed by atoms with E-state index in [4.69, 9.17) is 9.47 Å². The lowest BCUT2D eigenvalue weighted by molar-refractivity contribution is -0.130. The number of aliphatic imine (C=N–C) groups is 1. The van der Waals surface area contributed by atoms with Crippen LogP contribution in [0, 0.1) is 0 Å². The fraction of sp³-hybridized carbons (Fsp3) is 0.846. The highest BCUT2D eigenvalue weighted by Crippen LogP contribution is 2.04.